The van der Waals surface area contributed by atoms with E-state index in [0.29, 0.717) is 24.5 Å². The molecule has 0 amide bonds. The van der Waals surface area contributed by atoms with E-state index in [1.54, 1.807) is 20.1 Å². The monoisotopic (exact) mass is 314 g/mol. The van der Waals surface area contributed by atoms with Gasteiger partial charge in [-0.3, -0.25) is 0 Å². The number of nitrogens with one attached hydrogen (secondary N) is 2. The van der Waals surface area contributed by atoms with E-state index in [1.807, 2.05) is 26.0 Å². The number of hydrogen-bond donors (Lipinski definition) is 2. The van der Waals surface area contributed by atoms with Crippen LogP contribution in [-0.2, 0) is 27.7 Å². The largest absolute Gasteiger partial charge is 0.383 e. The molecule has 1 atom stereocenters. The lowest BCUT2D eigenvalue weighted by Crippen LogP contribution is -2.36. The van der Waals surface area contributed by atoms with E-state index in [-0.39, 0.29) is 6.04 Å². The Labute approximate surface area is 128 Å². The van der Waals surface area contributed by atoms with E-state index in [0.717, 1.165) is 17.7 Å². The minimum Gasteiger partial charge on any atom is -0.383 e. The van der Waals surface area contributed by atoms with Crippen LogP contribution >= 0.6 is 0 Å². The fourth-order valence-corrected chi connectivity index (χ4v) is 3.72. The van der Waals surface area contributed by atoms with Crippen molar-refractivity contribution in [3.8, 4) is 0 Å². The molecule has 0 saturated carbocycles. The fraction of sp³-hybridized carbons (Fsp3) is 0.600. The van der Waals surface area contributed by atoms with Crippen molar-refractivity contribution in [2.75, 3.05) is 20.3 Å². The summed E-state index contributed by atoms with van der Waals surface area (Å²) in [5.74, 6) is 0. The van der Waals surface area contributed by atoms with Crippen LogP contribution in [-0.4, -0.2) is 34.7 Å². The van der Waals surface area contributed by atoms with Gasteiger partial charge >= 0.3 is 0 Å². The second-order valence-corrected chi connectivity index (χ2v) is 6.74. The molecule has 0 spiro atoms. The van der Waals surface area contributed by atoms with Gasteiger partial charge in [0.2, 0.25) is 10.0 Å². The van der Waals surface area contributed by atoms with Crippen LogP contribution in [0.5, 0.6) is 0 Å². The number of rotatable bonds is 9. The Kier molecular flexibility index (Phi) is 7.31. The predicted octanol–water partition coefficient (Wildman–Crippen LogP) is 1.67. The molecule has 0 aromatic heterocycles. The Morgan fingerprint density at radius 2 is 2.00 bits per heavy atom. The maximum atomic E-state index is 12.5. The maximum Gasteiger partial charge on any atom is 0.241 e. The zero-order valence-corrected chi connectivity index (χ0v) is 14.1. The van der Waals surface area contributed by atoms with Gasteiger partial charge in [-0.15, -0.1) is 0 Å². The molecular formula is C15H26N2O3S. The summed E-state index contributed by atoms with van der Waals surface area (Å²) in [4.78, 5) is 0.364. The summed E-state index contributed by atoms with van der Waals surface area (Å²) in [5, 5.41) is 3.21. The molecule has 6 heteroatoms. The SMILES string of the molecule is CCNCc1ccc(CC)c(S(=O)(=O)NC(C)COC)c1. The van der Waals surface area contributed by atoms with Gasteiger partial charge in [-0.25, -0.2) is 13.1 Å². The van der Waals surface area contributed by atoms with Gasteiger partial charge in [-0.05, 0) is 37.1 Å². The van der Waals surface area contributed by atoms with Gasteiger partial charge in [-0.1, -0.05) is 26.0 Å². The topological polar surface area (TPSA) is 67.4 Å². The Balaban J connectivity index is 3.06. The van der Waals surface area contributed by atoms with E-state index in [9.17, 15) is 8.42 Å². The summed E-state index contributed by atoms with van der Waals surface area (Å²) in [7, 11) is -1.97. The van der Waals surface area contributed by atoms with Gasteiger partial charge < -0.3 is 10.1 Å². The minimum atomic E-state index is -3.53. The van der Waals surface area contributed by atoms with Crippen molar-refractivity contribution in [1.29, 1.82) is 0 Å². The van der Waals surface area contributed by atoms with E-state index in [1.165, 1.54) is 0 Å². The summed E-state index contributed by atoms with van der Waals surface area (Å²) in [5.41, 5.74) is 1.79. The summed E-state index contributed by atoms with van der Waals surface area (Å²) in [6.07, 6.45) is 0.677. The van der Waals surface area contributed by atoms with E-state index < -0.39 is 10.0 Å². The summed E-state index contributed by atoms with van der Waals surface area (Å²) < 4.78 is 32.7. The first-order valence-corrected chi connectivity index (χ1v) is 8.76. The molecule has 1 rings (SSSR count). The highest BCUT2D eigenvalue weighted by atomic mass is 32.2. The molecule has 5 nitrogen and oxygen atoms in total. The third kappa shape index (κ3) is 5.39. The first-order valence-electron chi connectivity index (χ1n) is 7.28. The molecule has 1 aromatic carbocycles. The molecule has 0 fully saturated rings. The molecule has 1 aromatic rings. The molecule has 120 valence electrons. The highest BCUT2D eigenvalue weighted by Crippen LogP contribution is 2.19. The number of sulfonamides is 1. The second-order valence-electron chi connectivity index (χ2n) is 5.05. The Morgan fingerprint density at radius 3 is 2.57 bits per heavy atom. The first-order chi connectivity index (χ1) is 9.94. The normalized spacial score (nSPS) is 13.3. The molecule has 21 heavy (non-hydrogen) atoms. The van der Waals surface area contributed by atoms with Gasteiger partial charge in [0.15, 0.2) is 0 Å². The summed E-state index contributed by atoms with van der Waals surface area (Å²) in [6.45, 7) is 7.62. The predicted molar refractivity (Wildman–Crippen MR) is 84.9 cm³/mol. The Hall–Kier alpha value is -0.950. The number of benzene rings is 1. The lowest BCUT2D eigenvalue weighted by atomic mass is 10.1. The maximum absolute atomic E-state index is 12.5. The van der Waals surface area contributed by atoms with E-state index in [4.69, 9.17) is 4.74 Å². The highest BCUT2D eigenvalue weighted by Gasteiger charge is 2.20. The van der Waals surface area contributed by atoms with Crippen molar-refractivity contribution >= 4 is 10.0 Å². The van der Waals surface area contributed by atoms with Gasteiger partial charge in [-0.2, -0.15) is 0 Å². The molecule has 0 aliphatic rings. The van der Waals surface area contributed by atoms with E-state index >= 15 is 0 Å². The van der Waals surface area contributed by atoms with Crippen LogP contribution < -0.4 is 10.0 Å². The van der Waals surface area contributed by atoms with Crippen LogP contribution in [0.1, 0.15) is 31.9 Å². The molecule has 0 radical (unpaired) electrons. The lowest BCUT2D eigenvalue weighted by Gasteiger charge is -2.16. The Morgan fingerprint density at radius 1 is 1.29 bits per heavy atom. The molecule has 0 aliphatic heterocycles. The number of aryl methyl sites for hydroxylation is 1. The summed E-state index contributed by atoms with van der Waals surface area (Å²) in [6, 6.07) is 5.35. The van der Waals surface area contributed by atoms with Crippen molar-refractivity contribution < 1.29 is 13.2 Å². The molecule has 0 heterocycles. The quantitative estimate of drug-likeness (QED) is 0.727. The molecule has 0 aliphatic carbocycles. The fourth-order valence-electron chi connectivity index (χ4n) is 2.13. The molecular weight excluding hydrogens is 288 g/mol. The minimum absolute atomic E-state index is 0.262. The van der Waals surface area contributed by atoms with Crippen molar-refractivity contribution in [3.05, 3.63) is 29.3 Å². The van der Waals surface area contributed by atoms with Crippen molar-refractivity contribution in [3.63, 3.8) is 0 Å². The number of hydrogen-bond acceptors (Lipinski definition) is 4. The van der Waals surface area contributed by atoms with E-state index in [2.05, 4.69) is 10.0 Å². The first kappa shape index (κ1) is 18.1. The molecule has 1 unspecified atom stereocenters. The van der Waals surface area contributed by atoms with Crippen molar-refractivity contribution in [2.45, 2.75) is 44.7 Å². The second kappa shape index (κ2) is 8.48. The van der Waals surface area contributed by atoms with Crippen LogP contribution in [0.2, 0.25) is 0 Å². The Bertz CT molecular complexity index is 544. The number of methoxy groups -OCH3 is 1. The molecule has 2 N–H and O–H groups in total. The standard InChI is InChI=1S/C15H26N2O3S/c1-5-14-8-7-13(10-16-6-2)9-15(14)21(18,19)17-12(3)11-20-4/h7-9,12,16-17H,5-6,10-11H2,1-4H3. The van der Waals surface area contributed by atoms with Gasteiger partial charge in [0.25, 0.3) is 0 Å². The molecule has 0 saturated heterocycles. The third-order valence-electron chi connectivity index (χ3n) is 3.15. The van der Waals surface area contributed by atoms with Crippen molar-refractivity contribution in [1.82, 2.24) is 10.0 Å². The van der Waals surface area contributed by atoms with Gasteiger partial charge in [0.1, 0.15) is 0 Å². The zero-order chi connectivity index (χ0) is 15.9. The zero-order valence-electron chi connectivity index (χ0n) is 13.3. The number of ether oxygens (including phenoxy) is 1. The average molecular weight is 314 g/mol. The van der Waals surface area contributed by atoms with Gasteiger partial charge in [0.05, 0.1) is 11.5 Å². The van der Waals surface area contributed by atoms with Crippen molar-refractivity contribution in [2.24, 2.45) is 0 Å². The van der Waals surface area contributed by atoms with Crippen LogP contribution in [0.4, 0.5) is 0 Å². The van der Waals surface area contributed by atoms with Crippen LogP contribution in [0, 0.1) is 0 Å². The van der Waals surface area contributed by atoms with Crippen LogP contribution in [0.25, 0.3) is 0 Å². The van der Waals surface area contributed by atoms with Gasteiger partial charge in [0, 0.05) is 19.7 Å². The lowest BCUT2D eigenvalue weighted by molar-refractivity contribution is 0.180. The van der Waals surface area contributed by atoms with Crippen LogP contribution in [0.15, 0.2) is 23.1 Å². The average Bonchev–Trinajstić information content (AvgIpc) is 2.44. The highest BCUT2D eigenvalue weighted by molar-refractivity contribution is 7.89. The molecule has 0 bridgehead atoms. The third-order valence-corrected chi connectivity index (χ3v) is 4.83. The smallest absolute Gasteiger partial charge is 0.241 e. The van der Waals surface area contributed by atoms with Crippen LogP contribution in [0.3, 0.4) is 0 Å². The summed E-state index contributed by atoms with van der Waals surface area (Å²) >= 11 is 0.